The maximum absolute atomic E-state index is 11.9. The van der Waals surface area contributed by atoms with Gasteiger partial charge in [0.25, 0.3) is 0 Å². The summed E-state index contributed by atoms with van der Waals surface area (Å²) in [7, 11) is 0. The average molecular weight is 273 g/mol. The molecule has 0 atom stereocenters. The molecule has 0 bridgehead atoms. The molecule has 1 aromatic rings. The van der Waals surface area contributed by atoms with Gasteiger partial charge >= 0.3 is 0 Å². The second-order valence-corrected chi connectivity index (χ2v) is 6.00. The van der Waals surface area contributed by atoms with Gasteiger partial charge in [-0.05, 0) is 43.6 Å². The molecule has 1 amide bonds. The molecular weight excluding hydrogens is 250 g/mol. The van der Waals surface area contributed by atoms with E-state index >= 15 is 0 Å². The number of hydrogen-bond donors (Lipinski definition) is 0. The summed E-state index contributed by atoms with van der Waals surface area (Å²) in [6.45, 7) is 3.31. The molecule has 0 aromatic heterocycles. The largest absolute Gasteiger partial charge is 0.356 e. The Bertz CT molecular complexity index is 463. The zero-order chi connectivity index (χ0) is 14.0. The van der Waals surface area contributed by atoms with Crippen molar-refractivity contribution >= 4 is 5.91 Å². The topological polar surface area (TPSA) is 29.5 Å². The zero-order valence-corrected chi connectivity index (χ0v) is 12.2. The lowest BCUT2D eigenvalue weighted by atomic mass is 9.78. The van der Waals surface area contributed by atoms with Crippen LogP contribution in [0.3, 0.4) is 0 Å². The van der Waals surface area contributed by atoms with Gasteiger partial charge in [0.05, 0.1) is 6.61 Å². The third-order valence-electron chi connectivity index (χ3n) is 4.81. The Hall–Kier alpha value is -1.35. The smallest absolute Gasteiger partial charge is 0.221 e. The lowest BCUT2D eigenvalue weighted by Crippen LogP contribution is -2.57. The SMILES string of the molecule is CC(=O)N1CCCOC12CCC(c1ccccc1)CC2. The number of hydrogen-bond acceptors (Lipinski definition) is 2. The fourth-order valence-electron chi connectivity index (χ4n) is 3.75. The molecule has 0 unspecified atom stereocenters. The fourth-order valence-corrected chi connectivity index (χ4v) is 3.75. The van der Waals surface area contributed by atoms with Crippen molar-refractivity contribution in [3.63, 3.8) is 0 Å². The van der Waals surface area contributed by atoms with Crippen molar-refractivity contribution in [2.45, 2.75) is 50.7 Å². The van der Waals surface area contributed by atoms with Crippen LogP contribution < -0.4 is 0 Å². The Morgan fingerprint density at radius 1 is 1.25 bits per heavy atom. The Kier molecular flexibility index (Phi) is 3.79. The van der Waals surface area contributed by atoms with Crippen LogP contribution in [0.5, 0.6) is 0 Å². The molecule has 108 valence electrons. The first-order valence-corrected chi connectivity index (χ1v) is 7.68. The highest BCUT2D eigenvalue weighted by molar-refractivity contribution is 5.74. The molecule has 2 aliphatic rings. The molecule has 1 spiro atoms. The van der Waals surface area contributed by atoms with Gasteiger partial charge in [-0.2, -0.15) is 0 Å². The summed E-state index contributed by atoms with van der Waals surface area (Å²) in [5.74, 6) is 0.768. The standard InChI is InChI=1S/C17H23NO2/c1-14(19)18-12-5-13-20-17(18)10-8-16(9-11-17)15-6-3-2-4-7-15/h2-4,6-7,16H,5,8-13H2,1H3. The van der Waals surface area contributed by atoms with Crippen molar-refractivity contribution in [3.05, 3.63) is 35.9 Å². The molecule has 1 heterocycles. The van der Waals surface area contributed by atoms with Crippen molar-refractivity contribution < 1.29 is 9.53 Å². The monoisotopic (exact) mass is 273 g/mol. The second-order valence-electron chi connectivity index (χ2n) is 6.00. The molecule has 2 fully saturated rings. The second kappa shape index (κ2) is 5.57. The summed E-state index contributed by atoms with van der Waals surface area (Å²) in [5, 5.41) is 0. The minimum absolute atomic E-state index is 0.155. The molecular formula is C17H23NO2. The Labute approximate surface area is 120 Å². The van der Waals surface area contributed by atoms with Gasteiger partial charge < -0.3 is 9.64 Å². The van der Waals surface area contributed by atoms with Crippen LogP contribution in [0.25, 0.3) is 0 Å². The van der Waals surface area contributed by atoms with Gasteiger partial charge in [0.1, 0.15) is 5.72 Å². The van der Waals surface area contributed by atoms with E-state index in [2.05, 4.69) is 30.3 Å². The van der Waals surface area contributed by atoms with Crippen LogP contribution in [0.15, 0.2) is 30.3 Å². The fraction of sp³-hybridized carbons (Fsp3) is 0.588. The van der Waals surface area contributed by atoms with E-state index in [-0.39, 0.29) is 11.6 Å². The van der Waals surface area contributed by atoms with Crippen molar-refractivity contribution in [1.29, 1.82) is 0 Å². The highest BCUT2D eigenvalue weighted by Gasteiger charge is 2.44. The van der Waals surface area contributed by atoms with Gasteiger partial charge in [-0.3, -0.25) is 4.79 Å². The minimum atomic E-state index is -0.310. The van der Waals surface area contributed by atoms with Gasteiger partial charge in [-0.15, -0.1) is 0 Å². The average Bonchev–Trinajstić information content (AvgIpc) is 2.49. The van der Waals surface area contributed by atoms with Gasteiger partial charge in [0, 0.05) is 13.5 Å². The van der Waals surface area contributed by atoms with Gasteiger partial charge in [0.15, 0.2) is 0 Å². The molecule has 3 nitrogen and oxygen atoms in total. The molecule has 1 aliphatic heterocycles. The minimum Gasteiger partial charge on any atom is -0.356 e. The summed E-state index contributed by atoms with van der Waals surface area (Å²) < 4.78 is 6.07. The lowest BCUT2D eigenvalue weighted by Gasteiger charge is -2.50. The van der Waals surface area contributed by atoms with Crippen molar-refractivity contribution in [2.75, 3.05) is 13.2 Å². The van der Waals surface area contributed by atoms with E-state index in [0.717, 1.165) is 45.3 Å². The van der Waals surface area contributed by atoms with E-state index in [1.807, 2.05) is 4.90 Å². The summed E-state index contributed by atoms with van der Waals surface area (Å²) in [6.07, 6.45) is 5.10. The molecule has 3 heteroatoms. The zero-order valence-electron chi connectivity index (χ0n) is 12.2. The number of nitrogens with zero attached hydrogens (tertiary/aromatic N) is 1. The number of carbonyl (C=O) groups is 1. The normalized spacial score (nSPS) is 30.4. The number of benzene rings is 1. The number of rotatable bonds is 1. The highest BCUT2D eigenvalue weighted by Crippen LogP contribution is 2.43. The van der Waals surface area contributed by atoms with Crippen LogP contribution in [0, 0.1) is 0 Å². The Morgan fingerprint density at radius 2 is 1.95 bits per heavy atom. The van der Waals surface area contributed by atoms with Gasteiger partial charge in [-0.1, -0.05) is 30.3 Å². The summed E-state index contributed by atoms with van der Waals surface area (Å²) in [4.78, 5) is 13.8. The Morgan fingerprint density at radius 3 is 2.60 bits per heavy atom. The molecule has 3 rings (SSSR count). The van der Waals surface area contributed by atoms with Gasteiger partial charge in [0.2, 0.25) is 5.91 Å². The number of ether oxygens (including phenoxy) is 1. The quantitative estimate of drug-likeness (QED) is 0.785. The van der Waals surface area contributed by atoms with Gasteiger partial charge in [-0.25, -0.2) is 0 Å². The van der Waals surface area contributed by atoms with Crippen LogP contribution in [-0.2, 0) is 9.53 Å². The molecule has 0 radical (unpaired) electrons. The molecule has 20 heavy (non-hydrogen) atoms. The third kappa shape index (κ3) is 2.47. The van der Waals surface area contributed by atoms with Crippen molar-refractivity contribution in [3.8, 4) is 0 Å². The van der Waals surface area contributed by atoms with E-state index in [0.29, 0.717) is 5.92 Å². The van der Waals surface area contributed by atoms with Crippen molar-refractivity contribution in [1.82, 2.24) is 4.90 Å². The maximum atomic E-state index is 11.9. The lowest BCUT2D eigenvalue weighted by molar-refractivity contribution is -0.206. The van der Waals surface area contributed by atoms with E-state index in [1.54, 1.807) is 6.92 Å². The molecule has 1 saturated carbocycles. The van der Waals surface area contributed by atoms with Crippen LogP contribution in [0.1, 0.15) is 50.5 Å². The maximum Gasteiger partial charge on any atom is 0.221 e. The van der Waals surface area contributed by atoms with E-state index in [1.165, 1.54) is 5.56 Å². The van der Waals surface area contributed by atoms with Crippen LogP contribution in [0.2, 0.25) is 0 Å². The molecule has 1 aliphatic carbocycles. The van der Waals surface area contributed by atoms with Crippen LogP contribution >= 0.6 is 0 Å². The number of amides is 1. The predicted octanol–water partition coefficient (Wildman–Crippen LogP) is 3.31. The molecule has 0 N–H and O–H groups in total. The molecule has 1 saturated heterocycles. The first-order valence-electron chi connectivity index (χ1n) is 7.68. The predicted molar refractivity (Wildman–Crippen MR) is 78.3 cm³/mol. The summed E-state index contributed by atoms with van der Waals surface area (Å²) in [5.41, 5.74) is 1.11. The molecule has 1 aromatic carbocycles. The van der Waals surface area contributed by atoms with E-state index in [4.69, 9.17) is 4.74 Å². The summed E-state index contributed by atoms with van der Waals surface area (Å²) >= 11 is 0. The van der Waals surface area contributed by atoms with E-state index < -0.39 is 0 Å². The van der Waals surface area contributed by atoms with Crippen molar-refractivity contribution in [2.24, 2.45) is 0 Å². The highest BCUT2D eigenvalue weighted by atomic mass is 16.5. The van der Waals surface area contributed by atoms with E-state index in [9.17, 15) is 4.79 Å². The summed E-state index contributed by atoms with van der Waals surface area (Å²) in [6, 6.07) is 10.7. The third-order valence-corrected chi connectivity index (χ3v) is 4.81. The number of carbonyl (C=O) groups excluding carboxylic acids is 1. The van der Waals surface area contributed by atoms with Crippen LogP contribution in [0.4, 0.5) is 0 Å². The first-order chi connectivity index (χ1) is 9.71. The Balaban J connectivity index is 1.72. The first kappa shape index (κ1) is 13.6. The van der Waals surface area contributed by atoms with Crippen LogP contribution in [-0.4, -0.2) is 29.7 Å².